The summed E-state index contributed by atoms with van der Waals surface area (Å²) in [5, 5.41) is 6.49. The summed E-state index contributed by atoms with van der Waals surface area (Å²) in [6.45, 7) is 6.65. The summed E-state index contributed by atoms with van der Waals surface area (Å²) in [7, 11) is 0. The van der Waals surface area contributed by atoms with E-state index in [-0.39, 0.29) is 24.0 Å². The Morgan fingerprint density at radius 2 is 2.31 bits per heavy atom. The van der Waals surface area contributed by atoms with Crippen molar-refractivity contribution in [2.24, 2.45) is 4.99 Å². The molecule has 1 aromatic heterocycles. The lowest BCUT2D eigenvalue weighted by Gasteiger charge is -2.15. The average Bonchev–Trinajstić information content (AvgIpc) is 2.56. The van der Waals surface area contributed by atoms with Gasteiger partial charge in [0, 0.05) is 25.2 Å². The first-order valence-corrected chi connectivity index (χ1v) is 5.34. The first-order valence-electron chi connectivity index (χ1n) is 5.34. The summed E-state index contributed by atoms with van der Waals surface area (Å²) >= 11 is 0. The van der Waals surface area contributed by atoms with Gasteiger partial charge in [-0.05, 0) is 26.3 Å². The number of nitrogens with one attached hydrogen (secondary N) is 2. The van der Waals surface area contributed by atoms with Gasteiger partial charge in [0.1, 0.15) is 11.5 Å². The molecule has 0 amide bonds. The highest BCUT2D eigenvalue weighted by molar-refractivity contribution is 14.0. The Balaban J connectivity index is 0.00000128. The Morgan fingerprint density at radius 3 is 2.88 bits per heavy atom. The van der Waals surface area contributed by atoms with Crippen LogP contribution < -0.4 is 10.6 Å². The van der Waals surface area contributed by atoms with E-state index in [2.05, 4.69) is 21.7 Å². The number of halogens is 1. The van der Waals surface area contributed by atoms with Gasteiger partial charge in [-0.25, -0.2) is 0 Å². The number of guanidine groups is 1. The molecule has 0 aliphatic carbocycles. The van der Waals surface area contributed by atoms with Crippen LogP contribution in [0.3, 0.4) is 0 Å². The summed E-state index contributed by atoms with van der Waals surface area (Å²) < 4.78 is 5.45. The molecule has 0 bridgehead atoms. The number of rotatable bonds is 2. The van der Waals surface area contributed by atoms with Gasteiger partial charge >= 0.3 is 0 Å². The van der Waals surface area contributed by atoms with Crippen LogP contribution in [0, 0.1) is 13.8 Å². The molecule has 16 heavy (non-hydrogen) atoms. The minimum Gasteiger partial charge on any atom is -0.466 e. The third-order valence-electron chi connectivity index (χ3n) is 2.49. The van der Waals surface area contributed by atoms with E-state index >= 15 is 0 Å². The largest absolute Gasteiger partial charge is 0.466 e. The lowest BCUT2D eigenvalue weighted by Crippen LogP contribution is -2.40. The molecule has 0 radical (unpaired) electrons. The maximum Gasteiger partial charge on any atom is 0.191 e. The van der Waals surface area contributed by atoms with Crippen LogP contribution in [-0.4, -0.2) is 19.0 Å². The van der Waals surface area contributed by atoms with E-state index in [4.69, 9.17) is 4.42 Å². The van der Waals surface area contributed by atoms with E-state index in [1.165, 1.54) is 5.56 Å². The molecule has 0 saturated carbocycles. The van der Waals surface area contributed by atoms with Gasteiger partial charge in [0.05, 0.1) is 0 Å². The molecule has 0 spiro atoms. The summed E-state index contributed by atoms with van der Waals surface area (Å²) in [5.41, 5.74) is 1.20. The number of hydrogen-bond donors (Lipinski definition) is 2. The molecule has 1 aliphatic rings. The highest BCUT2D eigenvalue weighted by Gasteiger charge is 2.07. The Bertz CT molecular complexity index is 373. The maximum absolute atomic E-state index is 5.45. The minimum absolute atomic E-state index is 0. The van der Waals surface area contributed by atoms with Gasteiger partial charge in [-0.15, -0.1) is 24.0 Å². The molecule has 0 atom stereocenters. The predicted molar refractivity (Wildman–Crippen MR) is 75.4 cm³/mol. The fourth-order valence-corrected chi connectivity index (χ4v) is 1.69. The van der Waals surface area contributed by atoms with Gasteiger partial charge in [0.2, 0.25) is 0 Å². The predicted octanol–water partition coefficient (Wildman–Crippen LogP) is 1.95. The quantitative estimate of drug-likeness (QED) is 0.813. The molecule has 90 valence electrons. The molecular formula is C11H18IN3O. The highest BCUT2D eigenvalue weighted by Crippen LogP contribution is 2.12. The number of aliphatic imine (C=N–C) groups is 1. The number of nitrogens with zero attached hydrogens (tertiary/aromatic N) is 1. The molecule has 0 aromatic carbocycles. The van der Waals surface area contributed by atoms with Crippen molar-refractivity contribution in [1.82, 2.24) is 10.6 Å². The van der Waals surface area contributed by atoms with E-state index in [0.29, 0.717) is 0 Å². The van der Waals surface area contributed by atoms with Crippen LogP contribution in [0.5, 0.6) is 0 Å². The van der Waals surface area contributed by atoms with Crippen molar-refractivity contribution in [3.63, 3.8) is 0 Å². The number of furan rings is 1. The van der Waals surface area contributed by atoms with E-state index in [1.54, 1.807) is 0 Å². The molecule has 2 N–H and O–H groups in total. The Kier molecular flexibility index (Phi) is 5.11. The standard InChI is InChI=1S/C11H17N3O.HI/c1-8-6-10(9(2)15-8)7-14-11-12-4-3-5-13-11;/h6H,3-5,7H2,1-2H3,(H2,12,13,14);1H. The SMILES string of the molecule is Cc1cc(CNC2=NCCCN2)c(C)o1.I. The molecule has 0 saturated heterocycles. The second-order valence-electron chi connectivity index (χ2n) is 3.80. The fourth-order valence-electron chi connectivity index (χ4n) is 1.69. The van der Waals surface area contributed by atoms with Gasteiger partial charge in [-0.3, -0.25) is 4.99 Å². The van der Waals surface area contributed by atoms with Gasteiger partial charge < -0.3 is 15.1 Å². The van der Waals surface area contributed by atoms with Crippen LogP contribution in [0.2, 0.25) is 0 Å². The number of hydrogen-bond acceptors (Lipinski definition) is 4. The average molecular weight is 335 g/mol. The highest BCUT2D eigenvalue weighted by atomic mass is 127. The molecule has 1 aromatic rings. The normalized spacial score (nSPS) is 14.8. The van der Waals surface area contributed by atoms with Gasteiger partial charge in [0.15, 0.2) is 5.96 Å². The maximum atomic E-state index is 5.45. The van der Waals surface area contributed by atoms with E-state index < -0.39 is 0 Å². The van der Waals surface area contributed by atoms with Gasteiger partial charge in [0.25, 0.3) is 0 Å². The van der Waals surface area contributed by atoms with Crippen LogP contribution >= 0.6 is 24.0 Å². The van der Waals surface area contributed by atoms with E-state index in [9.17, 15) is 0 Å². The molecular weight excluding hydrogens is 317 g/mol. The Labute approximate surface area is 113 Å². The zero-order valence-corrected chi connectivity index (χ0v) is 12.0. The molecule has 1 aliphatic heterocycles. The summed E-state index contributed by atoms with van der Waals surface area (Å²) in [6.07, 6.45) is 1.12. The van der Waals surface area contributed by atoms with Crippen LogP contribution in [0.25, 0.3) is 0 Å². The zero-order valence-electron chi connectivity index (χ0n) is 9.67. The van der Waals surface area contributed by atoms with Crippen LogP contribution in [0.15, 0.2) is 15.5 Å². The van der Waals surface area contributed by atoms with Crippen LogP contribution in [-0.2, 0) is 6.54 Å². The number of aryl methyl sites for hydroxylation is 2. The van der Waals surface area contributed by atoms with Crippen molar-refractivity contribution in [3.8, 4) is 0 Å². The summed E-state index contributed by atoms with van der Waals surface area (Å²) in [4.78, 5) is 4.34. The van der Waals surface area contributed by atoms with Crippen molar-refractivity contribution in [3.05, 3.63) is 23.2 Å². The smallest absolute Gasteiger partial charge is 0.191 e. The molecule has 2 heterocycles. The molecule has 0 fully saturated rings. The second-order valence-corrected chi connectivity index (χ2v) is 3.80. The minimum atomic E-state index is 0. The van der Waals surface area contributed by atoms with Crippen LogP contribution in [0.4, 0.5) is 0 Å². The van der Waals surface area contributed by atoms with Crippen molar-refractivity contribution in [2.45, 2.75) is 26.8 Å². The van der Waals surface area contributed by atoms with Crippen molar-refractivity contribution >= 4 is 29.9 Å². The van der Waals surface area contributed by atoms with Crippen LogP contribution in [0.1, 0.15) is 23.5 Å². The van der Waals surface area contributed by atoms with Gasteiger partial charge in [-0.1, -0.05) is 0 Å². The molecule has 5 heteroatoms. The van der Waals surface area contributed by atoms with Crippen molar-refractivity contribution in [2.75, 3.05) is 13.1 Å². The summed E-state index contributed by atoms with van der Waals surface area (Å²) in [5.74, 6) is 2.85. The third kappa shape index (κ3) is 3.40. The fraction of sp³-hybridized carbons (Fsp3) is 0.545. The Morgan fingerprint density at radius 1 is 1.50 bits per heavy atom. The molecule has 0 unspecified atom stereocenters. The van der Waals surface area contributed by atoms with E-state index in [0.717, 1.165) is 43.5 Å². The second kappa shape index (κ2) is 6.12. The first-order chi connectivity index (χ1) is 7.25. The lowest BCUT2D eigenvalue weighted by atomic mass is 10.2. The monoisotopic (exact) mass is 335 g/mol. The molecule has 2 rings (SSSR count). The Hall–Kier alpha value is -0.720. The topological polar surface area (TPSA) is 49.6 Å². The third-order valence-corrected chi connectivity index (χ3v) is 2.49. The summed E-state index contributed by atoms with van der Waals surface area (Å²) in [6, 6.07) is 2.06. The van der Waals surface area contributed by atoms with Crippen molar-refractivity contribution in [1.29, 1.82) is 0 Å². The lowest BCUT2D eigenvalue weighted by molar-refractivity contribution is 0.500. The first kappa shape index (κ1) is 13.3. The van der Waals surface area contributed by atoms with Gasteiger partial charge in [-0.2, -0.15) is 0 Å². The van der Waals surface area contributed by atoms with E-state index in [1.807, 2.05) is 13.8 Å². The zero-order chi connectivity index (χ0) is 10.7. The molecule has 4 nitrogen and oxygen atoms in total. The van der Waals surface area contributed by atoms with Crippen molar-refractivity contribution < 1.29 is 4.42 Å².